The number of halogens is 1. The fourth-order valence-corrected chi connectivity index (χ4v) is 1.37. The quantitative estimate of drug-likeness (QED) is 0.806. The Morgan fingerprint density at radius 3 is 2.81 bits per heavy atom. The van der Waals surface area contributed by atoms with Crippen LogP contribution in [0, 0.1) is 0 Å². The number of hydrogen-bond donors (Lipinski definition) is 2. The lowest BCUT2D eigenvalue weighted by atomic mass is 10.2. The average Bonchev–Trinajstić information content (AvgIpc) is 2.55. The molecule has 0 spiro atoms. The molecule has 1 unspecified atom stereocenters. The van der Waals surface area contributed by atoms with Gasteiger partial charge in [0.25, 0.3) is 0 Å². The summed E-state index contributed by atoms with van der Waals surface area (Å²) in [4.78, 5) is 11.3. The van der Waals surface area contributed by atoms with E-state index in [1.54, 1.807) is 11.6 Å². The molecule has 1 aromatic rings. The Bertz CT molecular complexity index is 349. The predicted octanol–water partition coefficient (Wildman–Crippen LogP) is 0.368. The third kappa shape index (κ3) is 3.83. The molecule has 0 fully saturated rings. The lowest BCUT2D eigenvalue weighted by molar-refractivity contribution is -0.122. The molecule has 5 nitrogen and oxygen atoms in total. The summed E-state index contributed by atoms with van der Waals surface area (Å²) in [6.45, 7) is 4.20. The first kappa shape index (κ1) is 14.9. The van der Waals surface area contributed by atoms with E-state index in [-0.39, 0.29) is 18.3 Å². The van der Waals surface area contributed by atoms with Crippen molar-refractivity contribution >= 4 is 18.3 Å². The molecule has 16 heavy (non-hydrogen) atoms. The minimum absolute atomic E-state index is 0. The zero-order valence-electron chi connectivity index (χ0n) is 9.86. The van der Waals surface area contributed by atoms with Crippen LogP contribution in [-0.4, -0.2) is 21.7 Å². The van der Waals surface area contributed by atoms with Gasteiger partial charge in [-0.1, -0.05) is 6.92 Å². The second-order valence-corrected chi connectivity index (χ2v) is 3.63. The van der Waals surface area contributed by atoms with E-state index in [1.807, 2.05) is 20.2 Å². The van der Waals surface area contributed by atoms with Crippen LogP contribution in [0.15, 0.2) is 6.20 Å². The van der Waals surface area contributed by atoms with Crippen molar-refractivity contribution in [2.75, 3.05) is 0 Å². The van der Waals surface area contributed by atoms with E-state index >= 15 is 0 Å². The van der Waals surface area contributed by atoms with Gasteiger partial charge < -0.3 is 11.1 Å². The van der Waals surface area contributed by atoms with E-state index in [0.717, 1.165) is 17.7 Å². The van der Waals surface area contributed by atoms with Crippen molar-refractivity contribution in [3.63, 3.8) is 0 Å². The Kier molecular flexibility index (Phi) is 6.06. The van der Waals surface area contributed by atoms with Gasteiger partial charge in [-0.25, -0.2) is 0 Å². The Morgan fingerprint density at radius 2 is 2.31 bits per heavy atom. The second kappa shape index (κ2) is 6.50. The first-order valence-corrected chi connectivity index (χ1v) is 5.09. The summed E-state index contributed by atoms with van der Waals surface area (Å²) in [5.74, 6) is -0.138. The number of carbonyl (C=O) groups is 1. The van der Waals surface area contributed by atoms with Gasteiger partial charge in [0, 0.05) is 25.4 Å². The highest BCUT2D eigenvalue weighted by Gasteiger charge is 2.09. The molecular weight excluding hydrogens is 228 g/mol. The van der Waals surface area contributed by atoms with Crippen LogP contribution in [0.2, 0.25) is 0 Å². The minimum Gasteiger partial charge on any atom is -0.351 e. The molecule has 0 saturated heterocycles. The predicted molar refractivity (Wildman–Crippen MR) is 65.3 cm³/mol. The van der Waals surface area contributed by atoms with Gasteiger partial charge in [-0.2, -0.15) is 5.10 Å². The fourth-order valence-electron chi connectivity index (χ4n) is 1.37. The van der Waals surface area contributed by atoms with Gasteiger partial charge >= 0.3 is 0 Å². The van der Waals surface area contributed by atoms with Gasteiger partial charge in [-0.15, -0.1) is 12.4 Å². The molecule has 1 rings (SSSR count). The number of nitrogens with one attached hydrogen (secondary N) is 1. The molecule has 92 valence electrons. The monoisotopic (exact) mass is 246 g/mol. The van der Waals surface area contributed by atoms with Gasteiger partial charge in [-0.3, -0.25) is 9.48 Å². The molecular formula is C10H19ClN4O. The molecule has 1 atom stereocenters. The first-order valence-electron chi connectivity index (χ1n) is 5.09. The summed E-state index contributed by atoms with van der Waals surface area (Å²) >= 11 is 0. The number of rotatable bonds is 4. The maximum absolute atomic E-state index is 11.3. The van der Waals surface area contributed by atoms with E-state index in [1.165, 1.54) is 0 Å². The maximum atomic E-state index is 11.3. The van der Waals surface area contributed by atoms with Gasteiger partial charge in [0.1, 0.15) is 0 Å². The van der Waals surface area contributed by atoms with Crippen LogP contribution in [-0.2, 0) is 24.8 Å². The van der Waals surface area contributed by atoms with Crippen LogP contribution in [0.3, 0.4) is 0 Å². The summed E-state index contributed by atoms with van der Waals surface area (Å²) in [5, 5.41) is 7.06. The number of carbonyl (C=O) groups excluding carboxylic acids is 1. The lowest BCUT2D eigenvalue weighted by Gasteiger charge is -2.06. The summed E-state index contributed by atoms with van der Waals surface area (Å²) in [7, 11) is 1.87. The molecule has 0 bridgehead atoms. The van der Waals surface area contributed by atoms with Crippen molar-refractivity contribution in [3.8, 4) is 0 Å². The Hall–Kier alpha value is -1.07. The highest BCUT2D eigenvalue weighted by atomic mass is 35.5. The number of aromatic nitrogens is 2. The molecule has 0 aliphatic carbocycles. The highest BCUT2D eigenvalue weighted by molar-refractivity contribution is 5.85. The van der Waals surface area contributed by atoms with E-state index in [2.05, 4.69) is 10.4 Å². The smallest absolute Gasteiger partial charge is 0.236 e. The van der Waals surface area contributed by atoms with Crippen LogP contribution in [0.4, 0.5) is 0 Å². The van der Waals surface area contributed by atoms with Gasteiger partial charge in [-0.05, 0) is 13.3 Å². The minimum atomic E-state index is -0.466. The van der Waals surface area contributed by atoms with Crippen molar-refractivity contribution in [3.05, 3.63) is 17.5 Å². The van der Waals surface area contributed by atoms with E-state index in [4.69, 9.17) is 5.73 Å². The fraction of sp³-hybridized carbons (Fsp3) is 0.600. The molecule has 0 aromatic carbocycles. The van der Waals surface area contributed by atoms with E-state index < -0.39 is 6.04 Å². The van der Waals surface area contributed by atoms with Crippen molar-refractivity contribution in [1.29, 1.82) is 0 Å². The number of hydrogen-bond acceptors (Lipinski definition) is 3. The Labute approximate surface area is 102 Å². The van der Waals surface area contributed by atoms with Gasteiger partial charge in [0.2, 0.25) is 5.91 Å². The van der Waals surface area contributed by atoms with E-state index in [0.29, 0.717) is 6.54 Å². The van der Waals surface area contributed by atoms with Crippen LogP contribution < -0.4 is 11.1 Å². The third-order valence-corrected chi connectivity index (χ3v) is 2.19. The molecule has 0 saturated carbocycles. The van der Waals surface area contributed by atoms with Crippen molar-refractivity contribution in [2.45, 2.75) is 32.9 Å². The average molecular weight is 247 g/mol. The van der Waals surface area contributed by atoms with E-state index in [9.17, 15) is 4.79 Å². The number of aryl methyl sites for hydroxylation is 2. The van der Waals surface area contributed by atoms with Crippen LogP contribution in [0.1, 0.15) is 25.1 Å². The van der Waals surface area contributed by atoms with Crippen molar-refractivity contribution in [2.24, 2.45) is 12.8 Å². The highest BCUT2D eigenvalue weighted by Crippen LogP contribution is 2.06. The molecule has 3 N–H and O–H groups in total. The number of amides is 1. The summed E-state index contributed by atoms with van der Waals surface area (Å²) < 4.78 is 1.76. The standard InChI is InChI=1S/C10H18N4O.ClH/c1-4-9-8(6-14(3)13-9)5-12-10(15)7(2)11;/h6-7H,4-5,11H2,1-3H3,(H,12,15);1H. The normalized spacial score (nSPS) is 11.8. The summed E-state index contributed by atoms with van der Waals surface area (Å²) in [6.07, 6.45) is 2.78. The topological polar surface area (TPSA) is 72.9 Å². The zero-order valence-corrected chi connectivity index (χ0v) is 10.7. The molecule has 0 aliphatic heterocycles. The SMILES string of the molecule is CCc1nn(C)cc1CNC(=O)C(C)N.Cl. The van der Waals surface area contributed by atoms with Crippen LogP contribution >= 0.6 is 12.4 Å². The van der Waals surface area contributed by atoms with Crippen LogP contribution in [0.25, 0.3) is 0 Å². The maximum Gasteiger partial charge on any atom is 0.236 e. The summed E-state index contributed by atoms with van der Waals surface area (Å²) in [6, 6.07) is -0.466. The number of nitrogens with two attached hydrogens (primary N) is 1. The molecule has 6 heteroatoms. The molecule has 0 aliphatic rings. The first-order chi connectivity index (χ1) is 7.04. The van der Waals surface area contributed by atoms with Crippen molar-refractivity contribution in [1.82, 2.24) is 15.1 Å². The van der Waals surface area contributed by atoms with Gasteiger partial charge in [0.15, 0.2) is 0 Å². The second-order valence-electron chi connectivity index (χ2n) is 3.63. The van der Waals surface area contributed by atoms with Gasteiger partial charge in [0.05, 0.1) is 11.7 Å². The zero-order chi connectivity index (χ0) is 11.4. The largest absolute Gasteiger partial charge is 0.351 e. The Balaban J connectivity index is 0.00000225. The molecule has 1 heterocycles. The summed E-state index contributed by atoms with van der Waals surface area (Å²) in [5.41, 5.74) is 7.51. The molecule has 0 radical (unpaired) electrons. The number of nitrogens with zero attached hydrogens (tertiary/aromatic N) is 2. The lowest BCUT2D eigenvalue weighted by Crippen LogP contribution is -2.37. The van der Waals surface area contributed by atoms with Crippen LogP contribution in [0.5, 0.6) is 0 Å². The van der Waals surface area contributed by atoms with Crippen molar-refractivity contribution < 1.29 is 4.79 Å². The molecule has 1 aromatic heterocycles. The Morgan fingerprint density at radius 1 is 1.69 bits per heavy atom. The molecule has 1 amide bonds. The third-order valence-electron chi connectivity index (χ3n) is 2.19.